The molecule has 5 aliphatic rings. The second kappa shape index (κ2) is 13.1. The number of benzene rings is 2. The predicted octanol–water partition coefficient (Wildman–Crippen LogP) is 6.45. The summed E-state index contributed by atoms with van der Waals surface area (Å²) in [5.41, 5.74) is 4.20. The van der Waals surface area contributed by atoms with Crippen LogP contribution in [-0.2, 0) is 21.4 Å². The first-order chi connectivity index (χ1) is 23.8. The highest BCUT2D eigenvalue weighted by atomic mass is 32.2. The summed E-state index contributed by atoms with van der Waals surface area (Å²) < 4.78 is 35.7. The Morgan fingerprint density at radius 1 is 0.878 bits per heavy atom. The molecule has 9 nitrogen and oxygen atoms in total. The molecule has 1 atom stereocenters. The van der Waals surface area contributed by atoms with Crippen molar-refractivity contribution in [3.8, 4) is 17.0 Å². The van der Waals surface area contributed by atoms with Gasteiger partial charge in [0.1, 0.15) is 5.75 Å². The maximum atomic E-state index is 14.6. The molecule has 2 aliphatic heterocycles. The van der Waals surface area contributed by atoms with E-state index in [-0.39, 0.29) is 11.9 Å². The molecule has 0 spiro atoms. The van der Waals surface area contributed by atoms with Gasteiger partial charge in [-0.3, -0.25) is 9.59 Å². The van der Waals surface area contributed by atoms with Crippen molar-refractivity contribution in [2.24, 2.45) is 5.41 Å². The van der Waals surface area contributed by atoms with Crippen LogP contribution < -0.4 is 9.46 Å². The Morgan fingerprint density at radius 2 is 1.61 bits per heavy atom. The zero-order valence-electron chi connectivity index (χ0n) is 28.8. The Balaban J connectivity index is 1.22. The normalized spacial score (nSPS) is 22.9. The van der Waals surface area contributed by atoms with Gasteiger partial charge in [-0.05, 0) is 131 Å². The minimum Gasteiger partial charge on any atom is -0.497 e. The van der Waals surface area contributed by atoms with Crippen LogP contribution >= 0.6 is 0 Å². The average Bonchev–Trinajstić information content (AvgIpc) is 3.99. The molecule has 262 valence electrons. The topological polar surface area (TPSA) is 101 Å². The molecule has 10 heteroatoms. The maximum absolute atomic E-state index is 14.6. The van der Waals surface area contributed by atoms with Crippen LogP contribution in [0.15, 0.2) is 42.5 Å². The van der Waals surface area contributed by atoms with Gasteiger partial charge in [0.25, 0.3) is 5.91 Å². The van der Waals surface area contributed by atoms with E-state index < -0.39 is 26.6 Å². The molecule has 3 saturated carbocycles. The van der Waals surface area contributed by atoms with Gasteiger partial charge in [-0.15, -0.1) is 0 Å². The molecule has 2 aromatic carbocycles. The van der Waals surface area contributed by atoms with Crippen molar-refractivity contribution in [3.63, 3.8) is 0 Å². The summed E-state index contributed by atoms with van der Waals surface area (Å²) in [6.07, 6.45) is 13.3. The monoisotopic (exact) mass is 686 g/mol. The highest BCUT2D eigenvalue weighted by Crippen LogP contribution is 2.53. The molecular formula is C39H50N4O5S. The Labute approximate surface area is 290 Å². The van der Waals surface area contributed by atoms with E-state index >= 15 is 0 Å². The van der Waals surface area contributed by atoms with E-state index in [1.165, 1.54) is 37.7 Å². The van der Waals surface area contributed by atoms with E-state index in [2.05, 4.69) is 31.2 Å². The molecule has 8 rings (SSSR count). The first-order valence-electron chi connectivity index (χ1n) is 18.7. The standard InChI is InChI=1S/C39H50N4O5S/c1-48-31-14-11-28(12-15-31)36-35(27-8-3-2-4-9-27)33-18-13-29(37(44)40-49(46,47)32-16-17-32)24-34(33)43(36)26-39(19-20-39)38(45)42-23-7-10-30(42)25-41-21-5-6-22-41/h11-15,18,24,27,30,32H,2-10,16-17,19-23,25-26H2,1H3,(H,40,44)/t30-/m0/s1. The van der Waals surface area contributed by atoms with Gasteiger partial charge in [-0.1, -0.05) is 25.3 Å². The highest BCUT2D eigenvalue weighted by Gasteiger charge is 2.54. The van der Waals surface area contributed by atoms with Gasteiger partial charge in [0.05, 0.1) is 23.5 Å². The summed E-state index contributed by atoms with van der Waals surface area (Å²) in [6, 6.07) is 14.2. The van der Waals surface area contributed by atoms with Gasteiger partial charge >= 0.3 is 0 Å². The first kappa shape index (κ1) is 32.8. The number of carbonyl (C=O) groups excluding carboxylic acids is 2. The van der Waals surface area contributed by atoms with Crippen LogP contribution in [0.1, 0.15) is 105 Å². The fourth-order valence-corrected chi connectivity index (χ4v) is 10.2. The van der Waals surface area contributed by atoms with Crippen molar-refractivity contribution in [1.29, 1.82) is 0 Å². The molecule has 49 heavy (non-hydrogen) atoms. The Hall–Kier alpha value is -3.37. The zero-order chi connectivity index (χ0) is 33.8. The number of fused-ring (bicyclic) bond motifs is 1. The number of methoxy groups -OCH3 is 1. The zero-order valence-corrected chi connectivity index (χ0v) is 29.6. The number of hydrogen-bond acceptors (Lipinski definition) is 6. The summed E-state index contributed by atoms with van der Waals surface area (Å²) >= 11 is 0. The molecule has 0 unspecified atom stereocenters. The Morgan fingerprint density at radius 3 is 2.29 bits per heavy atom. The fraction of sp³-hybridized carbons (Fsp3) is 0.590. The smallest absolute Gasteiger partial charge is 0.264 e. The molecule has 1 aromatic heterocycles. The average molecular weight is 687 g/mol. The molecule has 2 amide bonds. The Bertz CT molecular complexity index is 1830. The number of nitrogens with one attached hydrogen (secondary N) is 1. The number of ether oxygens (including phenoxy) is 1. The summed E-state index contributed by atoms with van der Waals surface area (Å²) in [6.45, 7) is 4.59. The fourth-order valence-electron chi connectivity index (χ4n) is 8.95. The highest BCUT2D eigenvalue weighted by molar-refractivity contribution is 7.91. The number of aromatic nitrogens is 1. The number of hydrogen-bond donors (Lipinski definition) is 1. The third-order valence-electron chi connectivity index (χ3n) is 12.0. The molecular weight excluding hydrogens is 637 g/mol. The predicted molar refractivity (Wildman–Crippen MR) is 191 cm³/mol. The lowest BCUT2D eigenvalue weighted by Gasteiger charge is -2.32. The van der Waals surface area contributed by atoms with Crippen LogP contribution in [0.25, 0.3) is 22.2 Å². The van der Waals surface area contributed by atoms with E-state index in [1.54, 1.807) is 13.2 Å². The largest absolute Gasteiger partial charge is 0.497 e. The van der Waals surface area contributed by atoms with Crippen molar-refractivity contribution >= 4 is 32.7 Å². The van der Waals surface area contributed by atoms with Gasteiger partial charge in [0.15, 0.2) is 0 Å². The second-order valence-corrected chi connectivity index (χ2v) is 17.4. The number of rotatable bonds is 11. The van der Waals surface area contributed by atoms with Gasteiger partial charge in [-0.2, -0.15) is 0 Å². The number of carbonyl (C=O) groups is 2. The van der Waals surface area contributed by atoms with Gasteiger partial charge in [-0.25, -0.2) is 13.1 Å². The van der Waals surface area contributed by atoms with Crippen LogP contribution in [0.5, 0.6) is 5.75 Å². The minimum atomic E-state index is -3.69. The third kappa shape index (κ3) is 6.39. The number of nitrogens with zero attached hydrogens (tertiary/aromatic N) is 3. The van der Waals surface area contributed by atoms with E-state index in [1.807, 2.05) is 24.3 Å². The third-order valence-corrected chi connectivity index (χ3v) is 13.8. The van der Waals surface area contributed by atoms with Crippen LogP contribution in [0.4, 0.5) is 0 Å². The van der Waals surface area contributed by atoms with E-state index in [9.17, 15) is 18.0 Å². The molecule has 5 fully saturated rings. The van der Waals surface area contributed by atoms with Gasteiger partial charge < -0.3 is 19.1 Å². The number of amides is 2. The lowest BCUT2D eigenvalue weighted by atomic mass is 9.81. The number of likely N-dealkylation sites (tertiary alicyclic amines) is 2. The maximum Gasteiger partial charge on any atom is 0.264 e. The van der Waals surface area contributed by atoms with Crippen molar-refractivity contribution in [1.82, 2.24) is 19.1 Å². The molecule has 0 radical (unpaired) electrons. The lowest BCUT2D eigenvalue weighted by molar-refractivity contribution is -0.138. The summed E-state index contributed by atoms with van der Waals surface area (Å²) in [4.78, 5) is 32.8. The molecule has 1 N–H and O–H groups in total. The van der Waals surface area contributed by atoms with E-state index in [4.69, 9.17) is 4.74 Å². The summed E-state index contributed by atoms with van der Waals surface area (Å²) in [5.74, 6) is 0.832. The molecule has 3 aromatic rings. The van der Waals surface area contributed by atoms with Crippen LogP contribution in [0.2, 0.25) is 0 Å². The molecule has 3 aliphatic carbocycles. The van der Waals surface area contributed by atoms with Crippen LogP contribution in [0.3, 0.4) is 0 Å². The minimum absolute atomic E-state index is 0.270. The van der Waals surface area contributed by atoms with Crippen LogP contribution in [0, 0.1) is 5.41 Å². The SMILES string of the molecule is COc1ccc(-c2c(C3CCCCC3)c3ccc(C(=O)NS(=O)(=O)C4CC4)cc3n2CC2(C(=O)N3CCC[C@H]3CN3CCCC3)CC2)cc1. The van der Waals surface area contributed by atoms with Gasteiger partial charge in [0, 0.05) is 42.1 Å². The molecule has 2 saturated heterocycles. The van der Waals surface area contributed by atoms with Gasteiger partial charge in [0.2, 0.25) is 15.9 Å². The van der Waals surface area contributed by atoms with Crippen molar-refractivity contribution in [2.45, 2.75) is 107 Å². The van der Waals surface area contributed by atoms with Crippen molar-refractivity contribution < 1.29 is 22.7 Å². The van der Waals surface area contributed by atoms with E-state index in [0.717, 1.165) is 92.6 Å². The molecule has 3 heterocycles. The van der Waals surface area contributed by atoms with E-state index in [0.29, 0.717) is 30.9 Å². The van der Waals surface area contributed by atoms with Crippen molar-refractivity contribution in [2.75, 3.05) is 33.3 Å². The second-order valence-electron chi connectivity index (χ2n) is 15.4. The first-order valence-corrected chi connectivity index (χ1v) is 20.2. The summed E-state index contributed by atoms with van der Waals surface area (Å²) in [7, 11) is -2.02. The van der Waals surface area contributed by atoms with Crippen molar-refractivity contribution in [3.05, 3.63) is 53.6 Å². The number of sulfonamides is 1. The van der Waals surface area contributed by atoms with Crippen LogP contribution in [-0.4, -0.2) is 79.2 Å². The quantitative estimate of drug-likeness (QED) is 0.249. The lowest BCUT2D eigenvalue weighted by Crippen LogP contribution is -2.46. The molecule has 0 bridgehead atoms. The Kier molecular flexibility index (Phi) is 8.75. The summed E-state index contributed by atoms with van der Waals surface area (Å²) in [5, 5.41) is 0.611.